The number of rotatable bonds is 5. The molecule has 0 atom stereocenters. The molecule has 0 aromatic carbocycles. The van der Waals surface area contributed by atoms with Crippen molar-refractivity contribution in [2.75, 3.05) is 0 Å². The van der Waals surface area contributed by atoms with Crippen molar-refractivity contribution in [1.29, 1.82) is 0 Å². The van der Waals surface area contributed by atoms with Crippen LogP contribution in [0.3, 0.4) is 0 Å². The fourth-order valence-corrected chi connectivity index (χ4v) is 4.06. The third kappa shape index (κ3) is 2.70. The van der Waals surface area contributed by atoms with Crippen LogP contribution in [0.5, 0.6) is 0 Å². The van der Waals surface area contributed by atoms with Gasteiger partial charge in [0.25, 0.3) is 0 Å². The van der Waals surface area contributed by atoms with Gasteiger partial charge in [-0.2, -0.15) is 0 Å². The summed E-state index contributed by atoms with van der Waals surface area (Å²) in [5, 5.41) is 3.22. The first-order valence-electron chi connectivity index (χ1n) is 8.05. The number of amides is 1. The van der Waals surface area contributed by atoms with Gasteiger partial charge in [0.2, 0.25) is 5.91 Å². The third-order valence-corrected chi connectivity index (χ3v) is 5.52. The molecule has 4 rings (SSSR count). The van der Waals surface area contributed by atoms with E-state index in [1.54, 1.807) is 17.4 Å². The van der Waals surface area contributed by atoms with Gasteiger partial charge in [-0.05, 0) is 57.4 Å². The van der Waals surface area contributed by atoms with E-state index in [2.05, 4.69) is 27.8 Å². The topological polar surface area (TPSA) is 46.4 Å². The highest BCUT2D eigenvalue weighted by Gasteiger charge is 2.41. The van der Waals surface area contributed by atoms with E-state index in [9.17, 15) is 4.79 Å². The molecular weight excluding hydrogens is 294 g/mol. The summed E-state index contributed by atoms with van der Waals surface area (Å²) in [6.07, 6.45) is 10.8. The van der Waals surface area contributed by atoms with E-state index < -0.39 is 0 Å². The molecule has 2 aromatic heterocycles. The van der Waals surface area contributed by atoms with Crippen LogP contribution in [0.25, 0.3) is 11.0 Å². The van der Waals surface area contributed by atoms with Crippen molar-refractivity contribution in [2.24, 2.45) is 11.8 Å². The molecular formula is C17H21N3OS. The summed E-state index contributed by atoms with van der Waals surface area (Å²) < 4.78 is 2.07. The average Bonchev–Trinajstić information content (AvgIpc) is 3.36. The number of thiazole rings is 1. The summed E-state index contributed by atoms with van der Waals surface area (Å²) in [5.41, 5.74) is 1.97. The Morgan fingerprint density at radius 2 is 2.05 bits per heavy atom. The van der Waals surface area contributed by atoms with Crippen LogP contribution < -0.4 is 5.32 Å². The molecule has 2 aliphatic rings. The Labute approximate surface area is 134 Å². The number of aryl methyl sites for hydroxylation is 2. The zero-order valence-electron chi connectivity index (χ0n) is 13.0. The molecule has 2 heterocycles. The van der Waals surface area contributed by atoms with Gasteiger partial charge in [0, 0.05) is 23.2 Å². The molecule has 2 saturated carbocycles. The fourth-order valence-electron chi connectivity index (χ4n) is 3.18. The van der Waals surface area contributed by atoms with Crippen LogP contribution in [-0.2, 0) is 4.79 Å². The molecule has 5 heteroatoms. The van der Waals surface area contributed by atoms with E-state index in [1.807, 2.05) is 13.0 Å². The Balaban J connectivity index is 1.49. The summed E-state index contributed by atoms with van der Waals surface area (Å²) in [6.45, 7) is 4.06. The van der Waals surface area contributed by atoms with E-state index in [1.165, 1.54) is 30.6 Å². The summed E-state index contributed by atoms with van der Waals surface area (Å²) in [7, 11) is 0. The van der Waals surface area contributed by atoms with Gasteiger partial charge in [0.15, 0.2) is 4.96 Å². The van der Waals surface area contributed by atoms with E-state index in [-0.39, 0.29) is 5.91 Å². The maximum absolute atomic E-state index is 12.2. The first-order chi connectivity index (χ1) is 10.6. The Kier molecular flexibility index (Phi) is 3.33. The molecule has 22 heavy (non-hydrogen) atoms. The minimum atomic E-state index is 0.0325. The van der Waals surface area contributed by atoms with Crippen LogP contribution in [0.1, 0.15) is 41.9 Å². The van der Waals surface area contributed by atoms with Crippen molar-refractivity contribution >= 4 is 28.3 Å². The average molecular weight is 315 g/mol. The van der Waals surface area contributed by atoms with Gasteiger partial charge in [-0.1, -0.05) is 0 Å². The minimum absolute atomic E-state index is 0.0325. The van der Waals surface area contributed by atoms with Crippen molar-refractivity contribution in [3.63, 3.8) is 0 Å². The fraction of sp³-hybridized carbons (Fsp3) is 0.529. The lowest BCUT2D eigenvalue weighted by atomic mass is 10.1. The van der Waals surface area contributed by atoms with Crippen LogP contribution in [0.2, 0.25) is 0 Å². The normalized spacial score (nSPS) is 18.7. The Hall–Kier alpha value is -1.62. The molecule has 2 aromatic rings. The van der Waals surface area contributed by atoms with Crippen molar-refractivity contribution in [3.05, 3.63) is 28.5 Å². The largest absolute Gasteiger partial charge is 0.349 e. The Bertz CT molecular complexity index is 737. The second-order valence-corrected chi connectivity index (χ2v) is 7.83. The molecule has 1 N–H and O–H groups in total. The highest BCUT2D eigenvalue weighted by molar-refractivity contribution is 7.17. The molecule has 0 aliphatic heterocycles. The van der Waals surface area contributed by atoms with Gasteiger partial charge in [0.05, 0.1) is 11.4 Å². The molecule has 0 unspecified atom stereocenters. The van der Waals surface area contributed by atoms with Gasteiger partial charge >= 0.3 is 0 Å². The van der Waals surface area contributed by atoms with Crippen LogP contribution in [0, 0.1) is 25.7 Å². The number of hydrogen-bond donors (Lipinski definition) is 1. The van der Waals surface area contributed by atoms with Crippen molar-refractivity contribution in [3.8, 4) is 0 Å². The molecule has 116 valence electrons. The first kappa shape index (κ1) is 14.0. The zero-order chi connectivity index (χ0) is 15.3. The van der Waals surface area contributed by atoms with Gasteiger partial charge in [-0.15, -0.1) is 11.3 Å². The van der Waals surface area contributed by atoms with Crippen LogP contribution >= 0.6 is 11.3 Å². The second kappa shape index (κ2) is 5.23. The highest BCUT2D eigenvalue weighted by atomic mass is 32.1. The molecule has 0 radical (unpaired) electrons. The number of fused-ring (bicyclic) bond motifs is 1. The monoisotopic (exact) mass is 315 g/mol. The Morgan fingerprint density at radius 1 is 1.36 bits per heavy atom. The zero-order valence-corrected chi connectivity index (χ0v) is 13.8. The number of aromatic nitrogens is 2. The summed E-state index contributed by atoms with van der Waals surface area (Å²) in [5.74, 6) is 1.49. The van der Waals surface area contributed by atoms with Crippen LogP contribution in [0.4, 0.5) is 0 Å². The summed E-state index contributed by atoms with van der Waals surface area (Å²) in [4.78, 5) is 19.0. The number of imidazole rings is 1. The standard InChI is InChI=1S/C17H21N3OS/c1-10-9-20-14(11(2)18-17(20)22-10)7-8-15(21)19-16(12-3-4-12)13-5-6-13/h7-9,12-13,16H,3-6H2,1-2H3,(H,19,21)/b8-7+. The van der Waals surface area contributed by atoms with Gasteiger partial charge < -0.3 is 5.32 Å². The quantitative estimate of drug-likeness (QED) is 0.860. The molecule has 0 saturated heterocycles. The number of nitrogens with zero attached hydrogens (tertiary/aromatic N) is 2. The van der Waals surface area contributed by atoms with Crippen molar-refractivity contribution in [1.82, 2.24) is 14.7 Å². The summed E-state index contributed by atoms with van der Waals surface area (Å²) in [6, 6.07) is 0.409. The second-order valence-electron chi connectivity index (χ2n) is 6.62. The SMILES string of the molecule is Cc1cn2c(/C=C/C(=O)NC(C3CC3)C3CC3)c(C)nc2s1. The maximum atomic E-state index is 12.2. The molecule has 1 amide bonds. The Morgan fingerprint density at radius 3 is 2.68 bits per heavy atom. The third-order valence-electron chi connectivity index (χ3n) is 4.62. The lowest BCUT2D eigenvalue weighted by Gasteiger charge is -2.16. The van der Waals surface area contributed by atoms with Crippen LogP contribution in [0.15, 0.2) is 12.3 Å². The molecule has 4 nitrogen and oxygen atoms in total. The first-order valence-corrected chi connectivity index (χ1v) is 8.87. The smallest absolute Gasteiger partial charge is 0.244 e. The molecule has 2 fully saturated rings. The minimum Gasteiger partial charge on any atom is -0.349 e. The van der Waals surface area contributed by atoms with E-state index in [4.69, 9.17) is 0 Å². The van der Waals surface area contributed by atoms with Gasteiger partial charge in [-0.25, -0.2) is 4.98 Å². The van der Waals surface area contributed by atoms with E-state index in [0.717, 1.165) is 28.2 Å². The van der Waals surface area contributed by atoms with Crippen LogP contribution in [-0.4, -0.2) is 21.3 Å². The number of nitrogens with one attached hydrogen (secondary N) is 1. The predicted octanol–water partition coefficient (Wildman–Crippen LogP) is 3.33. The molecule has 2 aliphatic carbocycles. The predicted molar refractivity (Wildman–Crippen MR) is 89.0 cm³/mol. The van der Waals surface area contributed by atoms with Crippen molar-refractivity contribution in [2.45, 2.75) is 45.6 Å². The maximum Gasteiger partial charge on any atom is 0.244 e. The van der Waals surface area contributed by atoms with Gasteiger partial charge in [0.1, 0.15) is 0 Å². The molecule has 0 spiro atoms. The number of carbonyl (C=O) groups excluding carboxylic acids is 1. The lowest BCUT2D eigenvalue weighted by Crippen LogP contribution is -2.37. The molecule has 0 bridgehead atoms. The van der Waals surface area contributed by atoms with Gasteiger partial charge in [-0.3, -0.25) is 9.20 Å². The van der Waals surface area contributed by atoms with E-state index >= 15 is 0 Å². The number of hydrogen-bond acceptors (Lipinski definition) is 3. The van der Waals surface area contributed by atoms with Crippen molar-refractivity contribution < 1.29 is 4.79 Å². The van der Waals surface area contributed by atoms with E-state index in [0.29, 0.717) is 6.04 Å². The summed E-state index contributed by atoms with van der Waals surface area (Å²) >= 11 is 1.67. The number of carbonyl (C=O) groups is 1. The highest BCUT2D eigenvalue weighted by Crippen LogP contribution is 2.44. The lowest BCUT2D eigenvalue weighted by molar-refractivity contribution is -0.117.